The first-order valence-corrected chi connectivity index (χ1v) is 3.27. The highest BCUT2D eigenvalue weighted by molar-refractivity contribution is 7.51. The summed E-state index contributed by atoms with van der Waals surface area (Å²) in [7, 11) is -4.03. The van der Waals surface area contributed by atoms with Gasteiger partial charge in [0.25, 0.3) is 0 Å². The van der Waals surface area contributed by atoms with Gasteiger partial charge in [0.2, 0.25) is 0 Å². The maximum absolute atomic E-state index is 9.70. The van der Waals surface area contributed by atoms with Crippen LogP contribution in [0.3, 0.4) is 0 Å². The van der Waals surface area contributed by atoms with E-state index in [1.165, 1.54) is 5.48 Å². The summed E-state index contributed by atoms with van der Waals surface area (Å²) in [4.78, 5) is 15.8. The van der Waals surface area contributed by atoms with Crippen molar-refractivity contribution in [2.24, 2.45) is 0 Å². The molecule has 0 amide bonds. The third-order valence-corrected chi connectivity index (χ3v) is 0.830. The van der Waals surface area contributed by atoms with Crippen molar-refractivity contribution >= 4 is 7.60 Å². The molecule has 44 valence electrons. The summed E-state index contributed by atoms with van der Waals surface area (Å²) in [5, 5.41) is 7.66. The molecule has 5 nitrogen and oxygen atoms in total. The molecule has 0 spiro atoms. The minimum Gasteiger partial charge on any atom is -0.323 e. The van der Waals surface area contributed by atoms with Gasteiger partial charge in [-0.2, -0.15) is 5.48 Å². The van der Waals surface area contributed by atoms with E-state index in [1.54, 1.807) is 0 Å². The maximum atomic E-state index is 9.70. The van der Waals surface area contributed by atoms with Gasteiger partial charge < -0.3 is 15.0 Å². The SMILES string of the molecule is O=P(O)(O)CNO. The predicted molar refractivity (Wildman–Crippen MR) is 21.8 cm³/mol. The first-order chi connectivity index (χ1) is 3.06. The molecular weight excluding hydrogens is 121 g/mol. The standard InChI is InChI=1S/CH6NO4P/c3-2-1-7(4,5)6/h2-3H,1H2,(H2,4,5,6). The molecule has 0 bridgehead atoms. The van der Waals surface area contributed by atoms with Crippen LogP contribution in [0.25, 0.3) is 0 Å². The van der Waals surface area contributed by atoms with Gasteiger partial charge in [-0.3, -0.25) is 4.57 Å². The molecule has 0 rings (SSSR count). The molecule has 0 radical (unpaired) electrons. The first kappa shape index (κ1) is 7.07. The lowest BCUT2D eigenvalue weighted by Crippen LogP contribution is -2.08. The molecule has 0 aromatic carbocycles. The van der Waals surface area contributed by atoms with Crippen LogP contribution in [0.1, 0.15) is 0 Å². The van der Waals surface area contributed by atoms with Crippen LogP contribution in [0.2, 0.25) is 0 Å². The Hall–Kier alpha value is 0.0700. The molecule has 0 atom stereocenters. The number of hydrogen-bond acceptors (Lipinski definition) is 3. The van der Waals surface area contributed by atoms with Crippen molar-refractivity contribution < 1.29 is 19.6 Å². The normalized spacial score (nSPS) is 11.9. The Bertz CT molecular complexity index is 85.7. The molecule has 0 aromatic rings. The fourth-order valence-electron chi connectivity index (χ4n) is 0.0921. The molecule has 0 saturated heterocycles. The molecule has 0 aliphatic heterocycles. The van der Waals surface area contributed by atoms with Gasteiger partial charge in [0, 0.05) is 0 Å². The van der Waals surface area contributed by atoms with Gasteiger partial charge in [-0.05, 0) is 0 Å². The summed E-state index contributed by atoms with van der Waals surface area (Å²) in [5.41, 5.74) is 1.34. The highest BCUT2D eigenvalue weighted by Crippen LogP contribution is 2.31. The van der Waals surface area contributed by atoms with Gasteiger partial charge in [-0.25, -0.2) is 0 Å². The Morgan fingerprint density at radius 3 is 2.00 bits per heavy atom. The lowest BCUT2D eigenvalue weighted by Gasteiger charge is -1.97. The van der Waals surface area contributed by atoms with Crippen molar-refractivity contribution in [1.29, 1.82) is 0 Å². The molecule has 0 aliphatic rings. The summed E-state index contributed by atoms with van der Waals surface area (Å²) >= 11 is 0. The van der Waals surface area contributed by atoms with Crippen LogP contribution in [-0.4, -0.2) is 21.3 Å². The second-order valence-corrected chi connectivity index (χ2v) is 2.63. The number of hydroxylamine groups is 1. The topological polar surface area (TPSA) is 89.8 Å². The Labute approximate surface area is 40.1 Å². The number of hydrogen-bond donors (Lipinski definition) is 4. The van der Waals surface area contributed by atoms with E-state index < -0.39 is 13.9 Å². The minimum atomic E-state index is -4.03. The summed E-state index contributed by atoms with van der Waals surface area (Å²) in [5.74, 6) is 0. The van der Waals surface area contributed by atoms with Crippen LogP contribution in [-0.2, 0) is 4.57 Å². The first-order valence-electron chi connectivity index (χ1n) is 1.48. The summed E-state index contributed by atoms with van der Waals surface area (Å²) in [6.45, 7) is 0. The quantitative estimate of drug-likeness (QED) is 0.285. The molecule has 0 aliphatic carbocycles. The van der Waals surface area contributed by atoms with Gasteiger partial charge in [0.05, 0.1) is 0 Å². The van der Waals surface area contributed by atoms with E-state index in [9.17, 15) is 4.57 Å². The van der Waals surface area contributed by atoms with Crippen molar-refractivity contribution in [2.45, 2.75) is 0 Å². The number of rotatable bonds is 2. The minimum absolute atomic E-state index is 0.688. The van der Waals surface area contributed by atoms with E-state index in [0.29, 0.717) is 0 Å². The Morgan fingerprint density at radius 2 is 2.00 bits per heavy atom. The third-order valence-electron chi connectivity index (χ3n) is 0.277. The van der Waals surface area contributed by atoms with Crippen LogP contribution < -0.4 is 5.48 Å². The van der Waals surface area contributed by atoms with Crippen LogP contribution in [0, 0.1) is 0 Å². The van der Waals surface area contributed by atoms with Crippen molar-refractivity contribution in [3.63, 3.8) is 0 Å². The molecule has 0 saturated carbocycles. The zero-order valence-electron chi connectivity index (χ0n) is 3.40. The van der Waals surface area contributed by atoms with E-state index in [1.807, 2.05) is 0 Å². The molecule has 4 N–H and O–H groups in total. The van der Waals surface area contributed by atoms with E-state index in [4.69, 9.17) is 15.0 Å². The van der Waals surface area contributed by atoms with Crippen molar-refractivity contribution in [3.05, 3.63) is 0 Å². The Balaban J connectivity index is 3.36. The van der Waals surface area contributed by atoms with Gasteiger partial charge in [0.1, 0.15) is 6.29 Å². The van der Waals surface area contributed by atoms with E-state index >= 15 is 0 Å². The Morgan fingerprint density at radius 1 is 1.57 bits per heavy atom. The fourth-order valence-corrected chi connectivity index (χ4v) is 0.276. The zero-order chi connectivity index (χ0) is 5.91. The highest BCUT2D eigenvalue weighted by Gasteiger charge is 2.09. The highest BCUT2D eigenvalue weighted by atomic mass is 31.2. The molecule has 6 heteroatoms. The summed E-state index contributed by atoms with van der Waals surface area (Å²) < 4.78 is 9.70. The van der Waals surface area contributed by atoms with Crippen molar-refractivity contribution in [1.82, 2.24) is 5.48 Å². The maximum Gasteiger partial charge on any atom is 0.341 e. The lowest BCUT2D eigenvalue weighted by atomic mass is 11.5. The zero-order valence-corrected chi connectivity index (χ0v) is 4.30. The van der Waals surface area contributed by atoms with Gasteiger partial charge >= 0.3 is 7.60 Å². The molecule has 0 heterocycles. The molecule has 0 aromatic heterocycles. The fraction of sp³-hybridized carbons (Fsp3) is 1.00. The molecule has 7 heavy (non-hydrogen) atoms. The van der Waals surface area contributed by atoms with Crippen LogP contribution in [0.15, 0.2) is 0 Å². The third kappa shape index (κ3) is 6.07. The van der Waals surface area contributed by atoms with Crippen LogP contribution in [0.5, 0.6) is 0 Å². The lowest BCUT2D eigenvalue weighted by molar-refractivity contribution is 0.177. The smallest absolute Gasteiger partial charge is 0.323 e. The van der Waals surface area contributed by atoms with Gasteiger partial charge in [0.15, 0.2) is 0 Å². The predicted octanol–water partition coefficient (Wildman–Crippen LogP) is -0.900. The van der Waals surface area contributed by atoms with Crippen LogP contribution in [0.4, 0.5) is 0 Å². The second kappa shape index (κ2) is 2.40. The summed E-state index contributed by atoms with van der Waals surface area (Å²) in [6.07, 6.45) is -0.688. The molecular formula is CH6NO4P. The van der Waals surface area contributed by atoms with Gasteiger partial charge in [-0.15, -0.1) is 0 Å². The summed E-state index contributed by atoms with van der Waals surface area (Å²) in [6, 6.07) is 0. The van der Waals surface area contributed by atoms with Crippen LogP contribution >= 0.6 is 7.60 Å². The Kier molecular flexibility index (Phi) is 2.42. The second-order valence-electron chi connectivity index (χ2n) is 0.981. The average molecular weight is 127 g/mol. The van der Waals surface area contributed by atoms with E-state index in [0.717, 1.165) is 0 Å². The van der Waals surface area contributed by atoms with Gasteiger partial charge in [-0.1, -0.05) is 0 Å². The van der Waals surface area contributed by atoms with Crippen molar-refractivity contribution in [3.8, 4) is 0 Å². The average Bonchev–Trinajstić information content (AvgIpc) is 1.30. The van der Waals surface area contributed by atoms with E-state index in [2.05, 4.69) is 0 Å². The molecule has 0 fully saturated rings. The number of nitrogens with one attached hydrogen (secondary N) is 1. The van der Waals surface area contributed by atoms with E-state index in [-0.39, 0.29) is 0 Å². The monoisotopic (exact) mass is 127 g/mol. The van der Waals surface area contributed by atoms with Crippen molar-refractivity contribution in [2.75, 3.05) is 6.29 Å². The largest absolute Gasteiger partial charge is 0.341 e. The molecule has 0 unspecified atom stereocenters.